The van der Waals surface area contributed by atoms with Gasteiger partial charge in [-0.25, -0.2) is 8.42 Å². The summed E-state index contributed by atoms with van der Waals surface area (Å²) in [5.41, 5.74) is 0.319. The van der Waals surface area contributed by atoms with Gasteiger partial charge in [-0.2, -0.15) is 0 Å². The molecule has 2 aromatic carbocycles. The summed E-state index contributed by atoms with van der Waals surface area (Å²) < 4.78 is 32.4. The molecule has 27 heavy (non-hydrogen) atoms. The first kappa shape index (κ1) is 20.7. The average molecular weight is 411 g/mol. The van der Waals surface area contributed by atoms with Gasteiger partial charge in [-0.3, -0.25) is 14.3 Å². The van der Waals surface area contributed by atoms with E-state index in [1.54, 1.807) is 32.0 Å². The van der Waals surface area contributed by atoms with Crippen LogP contribution in [-0.4, -0.2) is 32.9 Å². The quantitative estimate of drug-likeness (QED) is 0.683. The number of para-hydroxylation sites is 1. The first-order valence-electron chi connectivity index (χ1n) is 8.04. The largest absolute Gasteiger partial charge is 0.462 e. The van der Waals surface area contributed by atoms with Crippen LogP contribution in [0, 0.1) is 0 Å². The first-order chi connectivity index (χ1) is 12.7. The molecule has 0 aliphatic heterocycles. The Labute approximate surface area is 162 Å². The third kappa shape index (κ3) is 5.97. The van der Waals surface area contributed by atoms with Crippen LogP contribution in [0.4, 0.5) is 5.69 Å². The first-order valence-corrected chi connectivity index (χ1v) is 9.90. The Kier molecular flexibility index (Phi) is 6.81. The van der Waals surface area contributed by atoms with Crippen LogP contribution in [0.25, 0.3) is 0 Å². The highest BCUT2D eigenvalue weighted by Crippen LogP contribution is 2.24. The van der Waals surface area contributed by atoms with E-state index in [2.05, 4.69) is 10.0 Å². The molecular weight excluding hydrogens is 392 g/mol. The summed E-state index contributed by atoms with van der Waals surface area (Å²) in [5, 5.41) is 2.64. The van der Waals surface area contributed by atoms with E-state index in [9.17, 15) is 18.0 Å². The highest BCUT2D eigenvalue weighted by atomic mass is 35.5. The second-order valence-electron chi connectivity index (χ2n) is 5.83. The van der Waals surface area contributed by atoms with Crippen molar-refractivity contribution in [2.24, 2.45) is 0 Å². The molecule has 0 spiro atoms. The SMILES string of the molecule is CC(C)OC(=O)CNC(=O)c1cccc(S(=O)(=O)Nc2ccccc2Cl)c1. The van der Waals surface area contributed by atoms with Gasteiger partial charge in [0.25, 0.3) is 15.9 Å². The molecular formula is C18H19ClN2O5S. The molecule has 0 bridgehead atoms. The van der Waals surface area contributed by atoms with Crippen molar-refractivity contribution in [2.75, 3.05) is 11.3 Å². The second-order valence-corrected chi connectivity index (χ2v) is 7.92. The van der Waals surface area contributed by atoms with Crippen molar-refractivity contribution in [2.45, 2.75) is 24.8 Å². The molecule has 2 N–H and O–H groups in total. The lowest BCUT2D eigenvalue weighted by Gasteiger charge is -2.11. The van der Waals surface area contributed by atoms with Gasteiger partial charge in [-0.1, -0.05) is 29.8 Å². The topological polar surface area (TPSA) is 102 Å². The van der Waals surface area contributed by atoms with Gasteiger partial charge in [0.15, 0.2) is 0 Å². The van der Waals surface area contributed by atoms with Crippen LogP contribution in [0.3, 0.4) is 0 Å². The zero-order valence-electron chi connectivity index (χ0n) is 14.7. The summed E-state index contributed by atoms with van der Waals surface area (Å²) in [6.07, 6.45) is -0.293. The molecule has 2 rings (SSSR count). The molecule has 2 aromatic rings. The molecule has 0 fully saturated rings. The molecule has 0 saturated carbocycles. The summed E-state index contributed by atoms with van der Waals surface area (Å²) in [6.45, 7) is 3.08. The molecule has 144 valence electrons. The maximum Gasteiger partial charge on any atom is 0.325 e. The number of carbonyl (C=O) groups is 2. The minimum atomic E-state index is -3.95. The number of ether oxygens (including phenoxy) is 1. The lowest BCUT2D eigenvalue weighted by molar-refractivity contribution is -0.146. The van der Waals surface area contributed by atoms with Crippen LogP contribution in [-0.2, 0) is 19.6 Å². The fourth-order valence-corrected chi connectivity index (χ4v) is 3.48. The summed E-state index contributed by atoms with van der Waals surface area (Å²) in [6, 6.07) is 11.8. The summed E-state index contributed by atoms with van der Waals surface area (Å²) in [5.74, 6) is -1.17. The molecule has 0 atom stereocenters. The predicted molar refractivity (Wildman–Crippen MR) is 102 cm³/mol. The monoisotopic (exact) mass is 410 g/mol. The summed E-state index contributed by atoms with van der Waals surface area (Å²) in [7, 11) is -3.95. The van der Waals surface area contributed by atoms with Gasteiger partial charge in [-0.15, -0.1) is 0 Å². The fraction of sp³-hybridized carbons (Fsp3) is 0.222. The molecule has 0 saturated heterocycles. The minimum Gasteiger partial charge on any atom is -0.462 e. The zero-order valence-corrected chi connectivity index (χ0v) is 16.3. The van der Waals surface area contributed by atoms with E-state index in [1.807, 2.05) is 0 Å². The maximum absolute atomic E-state index is 12.5. The van der Waals surface area contributed by atoms with Gasteiger partial charge in [-0.05, 0) is 44.2 Å². The number of nitrogens with one attached hydrogen (secondary N) is 2. The second kappa shape index (κ2) is 8.88. The number of carbonyl (C=O) groups excluding carboxylic acids is 2. The molecule has 0 unspecified atom stereocenters. The molecule has 0 aliphatic rings. The smallest absolute Gasteiger partial charge is 0.325 e. The van der Waals surface area contributed by atoms with Crippen molar-refractivity contribution >= 4 is 39.2 Å². The molecule has 1 amide bonds. The number of amides is 1. The van der Waals surface area contributed by atoms with E-state index < -0.39 is 21.9 Å². The number of esters is 1. The Hall–Kier alpha value is -2.58. The van der Waals surface area contributed by atoms with Gasteiger partial charge in [0, 0.05) is 5.56 Å². The van der Waals surface area contributed by atoms with Crippen LogP contribution in [0.1, 0.15) is 24.2 Å². The molecule has 0 aliphatic carbocycles. The van der Waals surface area contributed by atoms with Crippen LogP contribution in [0.5, 0.6) is 0 Å². The Morgan fingerprint density at radius 1 is 1.11 bits per heavy atom. The molecule has 0 radical (unpaired) electrons. The fourth-order valence-electron chi connectivity index (χ4n) is 2.11. The lowest BCUT2D eigenvalue weighted by atomic mass is 10.2. The molecule has 9 heteroatoms. The van der Waals surface area contributed by atoms with E-state index in [0.717, 1.165) is 0 Å². The third-order valence-corrected chi connectivity index (χ3v) is 4.98. The average Bonchev–Trinajstić information content (AvgIpc) is 2.61. The standard InChI is InChI=1S/C18H19ClN2O5S/c1-12(2)26-17(22)11-20-18(23)13-6-5-7-14(10-13)27(24,25)21-16-9-4-3-8-15(16)19/h3-10,12,21H,11H2,1-2H3,(H,20,23). The van der Waals surface area contributed by atoms with Crippen LogP contribution >= 0.6 is 11.6 Å². The van der Waals surface area contributed by atoms with Crippen molar-refractivity contribution in [1.29, 1.82) is 0 Å². The van der Waals surface area contributed by atoms with Crippen molar-refractivity contribution < 1.29 is 22.7 Å². The Balaban J connectivity index is 2.13. The van der Waals surface area contributed by atoms with E-state index in [1.165, 1.54) is 30.3 Å². The summed E-state index contributed by atoms with van der Waals surface area (Å²) in [4.78, 5) is 23.6. The van der Waals surface area contributed by atoms with Gasteiger partial charge in [0.05, 0.1) is 21.7 Å². The predicted octanol–water partition coefficient (Wildman–Crippen LogP) is 2.82. The normalized spacial score (nSPS) is 11.1. The third-order valence-electron chi connectivity index (χ3n) is 3.29. The van der Waals surface area contributed by atoms with Crippen molar-refractivity contribution in [1.82, 2.24) is 5.32 Å². The maximum atomic E-state index is 12.5. The molecule has 0 heterocycles. The van der Waals surface area contributed by atoms with Gasteiger partial charge in [0.2, 0.25) is 0 Å². The van der Waals surface area contributed by atoms with Crippen LogP contribution in [0.2, 0.25) is 5.02 Å². The van der Waals surface area contributed by atoms with Crippen molar-refractivity contribution in [3.63, 3.8) is 0 Å². The molecule has 0 aromatic heterocycles. The number of hydrogen-bond donors (Lipinski definition) is 2. The number of sulfonamides is 1. The molecule has 7 nitrogen and oxygen atoms in total. The zero-order chi connectivity index (χ0) is 20.0. The van der Waals surface area contributed by atoms with Gasteiger partial charge >= 0.3 is 5.97 Å². The van der Waals surface area contributed by atoms with Gasteiger partial charge in [0.1, 0.15) is 6.54 Å². The lowest BCUT2D eigenvalue weighted by Crippen LogP contribution is -2.31. The highest BCUT2D eigenvalue weighted by Gasteiger charge is 2.18. The number of hydrogen-bond acceptors (Lipinski definition) is 5. The van der Waals surface area contributed by atoms with Crippen molar-refractivity contribution in [3.05, 3.63) is 59.1 Å². The van der Waals surface area contributed by atoms with Gasteiger partial charge < -0.3 is 10.1 Å². The number of rotatable bonds is 7. The highest BCUT2D eigenvalue weighted by molar-refractivity contribution is 7.92. The Morgan fingerprint density at radius 3 is 2.48 bits per heavy atom. The summed E-state index contributed by atoms with van der Waals surface area (Å²) >= 11 is 5.97. The van der Waals surface area contributed by atoms with Crippen LogP contribution < -0.4 is 10.0 Å². The Bertz CT molecular complexity index is 944. The number of anilines is 1. The minimum absolute atomic E-state index is 0.0920. The number of halogens is 1. The van der Waals surface area contributed by atoms with E-state index in [-0.39, 0.29) is 33.8 Å². The Morgan fingerprint density at radius 2 is 1.81 bits per heavy atom. The van der Waals surface area contributed by atoms with E-state index in [0.29, 0.717) is 0 Å². The van der Waals surface area contributed by atoms with Crippen molar-refractivity contribution in [3.8, 4) is 0 Å². The van der Waals surface area contributed by atoms with E-state index >= 15 is 0 Å². The van der Waals surface area contributed by atoms with E-state index in [4.69, 9.17) is 16.3 Å². The van der Waals surface area contributed by atoms with Crippen LogP contribution in [0.15, 0.2) is 53.4 Å². The number of benzene rings is 2.